The molecule has 7 heteroatoms. The lowest BCUT2D eigenvalue weighted by Gasteiger charge is -2.17. The minimum absolute atomic E-state index is 0.0198. The van der Waals surface area contributed by atoms with Gasteiger partial charge in [-0.25, -0.2) is 0 Å². The molecule has 0 N–H and O–H groups in total. The van der Waals surface area contributed by atoms with Crippen LogP contribution in [-0.2, 0) is 20.7 Å². The lowest BCUT2D eigenvalue weighted by atomic mass is 10.1. The third-order valence-electron chi connectivity index (χ3n) is 2.98. The van der Waals surface area contributed by atoms with Crippen molar-refractivity contribution in [3.8, 4) is 11.5 Å². The Hall–Kier alpha value is -1.76. The van der Waals surface area contributed by atoms with Gasteiger partial charge in [-0.1, -0.05) is 15.9 Å². The summed E-state index contributed by atoms with van der Waals surface area (Å²) in [5.41, 5.74) is 0.687. The van der Waals surface area contributed by atoms with Gasteiger partial charge in [0.05, 0.1) is 20.6 Å². The number of amides is 1. The lowest BCUT2D eigenvalue weighted by molar-refractivity contribution is -0.157. The first kappa shape index (κ1) is 18.3. The van der Waals surface area contributed by atoms with Crippen LogP contribution in [0.4, 0.5) is 0 Å². The Balaban J connectivity index is 2.82. The van der Waals surface area contributed by atoms with Gasteiger partial charge in [0, 0.05) is 18.6 Å². The summed E-state index contributed by atoms with van der Waals surface area (Å²) in [6.45, 7) is 1.55. The van der Waals surface area contributed by atoms with E-state index in [1.54, 1.807) is 33.2 Å². The van der Waals surface area contributed by atoms with Crippen molar-refractivity contribution < 1.29 is 23.8 Å². The number of carbonyl (C=O) groups excluding carboxylic acids is 2. The van der Waals surface area contributed by atoms with Crippen molar-refractivity contribution in [3.05, 3.63) is 22.2 Å². The van der Waals surface area contributed by atoms with E-state index < -0.39 is 12.1 Å². The highest BCUT2D eigenvalue weighted by molar-refractivity contribution is 9.10. The highest BCUT2D eigenvalue weighted by Crippen LogP contribution is 2.33. The molecule has 0 aliphatic rings. The molecular formula is C15H20BrNO5. The van der Waals surface area contributed by atoms with Gasteiger partial charge in [-0.05, 0) is 24.6 Å². The fourth-order valence-corrected chi connectivity index (χ4v) is 2.30. The maximum atomic E-state index is 12.0. The van der Waals surface area contributed by atoms with Crippen LogP contribution >= 0.6 is 15.9 Å². The van der Waals surface area contributed by atoms with Crippen molar-refractivity contribution in [2.75, 3.05) is 28.3 Å². The normalized spacial score (nSPS) is 11.5. The second kappa shape index (κ2) is 8.03. The summed E-state index contributed by atoms with van der Waals surface area (Å²) < 4.78 is 16.2. The van der Waals surface area contributed by atoms with Crippen LogP contribution in [0.3, 0.4) is 0 Å². The van der Waals surface area contributed by atoms with E-state index in [4.69, 9.17) is 14.2 Å². The van der Waals surface area contributed by atoms with Crippen LogP contribution < -0.4 is 9.47 Å². The van der Waals surface area contributed by atoms with E-state index in [9.17, 15) is 9.59 Å². The number of ether oxygens (including phenoxy) is 3. The minimum atomic E-state index is -0.818. The van der Waals surface area contributed by atoms with Crippen LogP contribution in [0.5, 0.6) is 11.5 Å². The van der Waals surface area contributed by atoms with Gasteiger partial charge in [0.2, 0.25) is 0 Å². The molecule has 0 aliphatic carbocycles. The van der Waals surface area contributed by atoms with Gasteiger partial charge in [0.15, 0.2) is 17.6 Å². The van der Waals surface area contributed by atoms with Crippen LogP contribution in [0.2, 0.25) is 0 Å². The van der Waals surface area contributed by atoms with Crippen LogP contribution in [0.1, 0.15) is 12.5 Å². The molecule has 0 aliphatic heterocycles. The molecule has 0 fully saturated rings. The van der Waals surface area contributed by atoms with Crippen LogP contribution in [0.25, 0.3) is 0 Å². The van der Waals surface area contributed by atoms with Crippen molar-refractivity contribution in [1.82, 2.24) is 4.90 Å². The quantitative estimate of drug-likeness (QED) is 0.713. The van der Waals surface area contributed by atoms with Crippen molar-refractivity contribution in [2.24, 2.45) is 0 Å². The smallest absolute Gasteiger partial charge is 0.311 e. The van der Waals surface area contributed by atoms with Crippen molar-refractivity contribution >= 4 is 27.8 Å². The zero-order chi connectivity index (χ0) is 16.9. The Kier molecular flexibility index (Phi) is 6.67. The predicted octanol–water partition coefficient (Wildman–Crippen LogP) is 2.03. The molecule has 0 bridgehead atoms. The first-order chi connectivity index (χ1) is 10.3. The molecule has 1 rings (SSSR count). The van der Waals surface area contributed by atoms with Gasteiger partial charge in [0.1, 0.15) is 0 Å². The molecule has 0 aromatic heterocycles. The van der Waals surface area contributed by atoms with E-state index in [-0.39, 0.29) is 12.3 Å². The fraction of sp³-hybridized carbons (Fsp3) is 0.467. The van der Waals surface area contributed by atoms with Gasteiger partial charge in [0.25, 0.3) is 5.91 Å². The second-order valence-electron chi connectivity index (χ2n) is 4.84. The van der Waals surface area contributed by atoms with Crippen LogP contribution in [0.15, 0.2) is 16.6 Å². The van der Waals surface area contributed by atoms with Crippen molar-refractivity contribution in [1.29, 1.82) is 0 Å². The second-order valence-corrected chi connectivity index (χ2v) is 5.69. The van der Waals surface area contributed by atoms with E-state index in [2.05, 4.69) is 15.9 Å². The molecule has 122 valence electrons. The Labute approximate surface area is 138 Å². The zero-order valence-electron chi connectivity index (χ0n) is 13.3. The first-order valence-corrected chi connectivity index (χ1v) is 7.40. The SMILES string of the molecule is COc1cc(Br)c(CC(=O)O[C@H](C)C(=O)N(C)C)cc1OC. The predicted molar refractivity (Wildman–Crippen MR) is 85.2 cm³/mol. The number of esters is 1. The van der Waals surface area contributed by atoms with Gasteiger partial charge in [-0.15, -0.1) is 0 Å². The highest BCUT2D eigenvalue weighted by atomic mass is 79.9. The largest absolute Gasteiger partial charge is 0.493 e. The molecule has 1 atom stereocenters. The summed E-state index contributed by atoms with van der Waals surface area (Å²) >= 11 is 3.38. The lowest BCUT2D eigenvalue weighted by Crippen LogP contribution is -2.35. The topological polar surface area (TPSA) is 65.1 Å². The van der Waals surface area contributed by atoms with Crippen LogP contribution in [-0.4, -0.2) is 51.2 Å². The third-order valence-corrected chi connectivity index (χ3v) is 3.72. The molecule has 0 radical (unpaired) electrons. The van der Waals surface area contributed by atoms with E-state index in [0.29, 0.717) is 21.5 Å². The maximum absolute atomic E-state index is 12.0. The number of carbonyl (C=O) groups is 2. The minimum Gasteiger partial charge on any atom is -0.493 e. The van der Waals surface area contributed by atoms with Crippen molar-refractivity contribution in [2.45, 2.75) is 19.4 Å². The Morgan fingerprint density at radius 3 is 2.23 bits per heavy atom. The molecule has 0 spiro atoms. The summed E-state index contributed by atoms with van der Waals surface area (Å²) in [4.78, 5) is 25.0. The van der Waals surface area contributed by atoms with Gasteiger partial charge in [-0.2, -0.15) is 0 Å². The Bertz CT molecular complexity index is 559. The van der Waals surface area contributed by atoms with E-state index in [0.717, 1.165) is 0 Å². The summed E-state index contributed by atoms with van der Waals surface area (Å²) in [6, 6.07) is 3.42. The fourth-order valence-electron chi connectivity index (χ4n) is 1.84. The van der Waals surface area contributed by atoms with E-state index >= 15 is 0 Å². The first-order valence-electron chi connectivity index (χ1n) is 6.61. The van der Waals surface area contributed by atoms with E-state index in [1.807, 2.05) is 0 Å². The highest BCUT2D eigenvalue weighted by Gasteiger charge is 2.20. The Morgan fingerprint density at radius 2 is 1.73 bits per heavy atom. The Morgan fingerprint density at radius 1 is 1.18 bits per heavy atom. The average molecular weight is 374 g/mol. The molecular weight excluding hydrogens is 354 g/mol. The molecule has 1 aromatic rings. The zero-order valence-corrected chi connectivity index (χ0v) is 14.9. The summed E-state index contributed by atoms with van der Waals surface area (Å²) in [5, 5.41) is 0. The summed E-state index contributed by atoms with van der Waals surface area (Å²) in [6.07, 6.45) is -0.798. The van der Waals surface area contributed by atoms with Gasteiger partial charge < -0.3 is 19.1 Å². The average Bonchev–Trinajstić information content (AvgIpc) is 2.47. The molecule has 0 saturated carbocycles. The van der Waals surface area contributed by atoms with Crippen LogP contribution in [0, 0.1) is 0 Å². The number of benzene rings is 1. The van der Waals surface area contributed by atoms with Crippen molar-refractivity contribution in [3.63, 3.8) is 0 Å². The molecule has 22 heavy (non-hydrogen) atoms. The third kappa shape index (κ3) is 4.62. The number of likely N-dealkylation sites (N-methyl/N-ethyl adjacent to an activating group) is 1. The monoisotopic (exact) mass is 373 g/mol. The number of rotatable bonds is 6. The number of nitrogens with zero attached hydrogens (tertiary/aromatic N) is 1. The van der Waals surface area contributed by atoms with E-state index in [1.165, 1.54) is 19.1 Å². The standard InChI is InChI=1S/C15H20BrNO5/c1-9(15(19)17(2)3)22-14(18)7-10-6-12(20-4)13(21-5)8-11(10)16/h6,8-9H,7H2,1-5H3/t9-/m1/s1. The maximum Gasteiger partial charge on any atom is 0.311 e. The molecule has 6 nitrogen and oxygen atoms in total. The number of hydrogen-bond donors (Lipinski definition) is 0. The van der Waals surface area contributed by atoms with Gasteiger partial charge >= 0.3 is 5.97 Å². The van der Waals surface area contributed by atoms with Gasteiger partial charge in [-0.3, -0.25) is 9.59 Å². The molecule has 1 amide bonds. The number of hydrogen-bond acceptors (Lipinski definition) is 5. The number of methoxy groups -OCH3 is 2. The molecule has 0 saturated heterocycles. The summed E-state index contributed by atoms with van der Waals surface area (Å²) in [5.74, 6) is 0.323. The molecule has 0 heterocycles. The molecule has 1 aromatic carbocycles. The summed E-state index contributed by atoms with van der Waals surface area (Å²) in [7, 11) is 6.27. The molecule has 0 unspecified atom stereocenters. The number of halogens is 1.